The second kappa shape index (κ2) is 6.55. The molecule has 0 amide bonds. The molecule has 7 heteroatoms. The molecule has 0 radical (unpaired) electrons. The van der Waals surface area contributed by atoms with Crippen LogP contribution in [0.25, 0.3) is 0 Å². The highest BCUT2D eigenvalue weighted by Gasteiger charge is 2.09. The maximum atomic E-state index is 12.1. The van der Waals surface area contributed by atoms with Gasteiger partial charge in [-0.15, -0.1) is 17.8 Å². The molecule has 0 aliphatic rings. The molecular weight excluding hydrogens is 296 g/mol. The molecule has 104 valence electrons. The van der Waals surface area contributed by atoms with Gasteiger partial charge in [-0.2, -0.15) is 5.10 Å². The number of hydrogen-bond donors (Lipinski definition) is 1. The van der Waals surface area contributed by atoms with Crippen LogP contribution in [0.4, 0.5) is 5.69 Å². The zero-order valence-electron chi connectivity index (χ0n) is 10.9. The number of anilines is 1. The number of hydrogen-bond acceptors (Lipinski definition) is 5. The molecule has 0 unspecified atom stereocenters. The number of nitrogens with one attached hydrogen (secondary N) is 1. The van der Waals surface area contributed by atoms with Crippen LogP contribution in [0, 0.1) is 19.3 Å². The van der Waals surface area contributed by atoms with Crippen LogP contribution >= 0.6 is 22.9 Å². The number of thiazole rings is 1. The fourth-order valence-electron chi connectivity index (χ4n) is 1.67. The number of nitrogens with zero attached hydrogens (tertiary/aromatic N) is 3. The van der Waals surface area contributed by atoms with E-state index in [1.54, 1.807) is 11.3 Å². The van der Waals surface area contributed by atoms with Crippen molar-refractivity contribution in [1.82, 2.24) is 14.8 Å². The molecule has 0 aliphatic carbocycles. The van der Waals surface area contributed by atoms with Crippen molar-refractivity contribution >= 4 is 28.6 Å². The molecule has 0 spiro atoms. The lowest BCUT2D eigenvalue weighted by molar-refractivity contribution is 0.664. The van der Waals surface area contributed by atoms with Crippen molar-refractivity contribution < 1.29 is 0 Å². The van der Waals surface area contributed by atoms with Crippen LogP contribution < -0.4 is 10.9 Å². The first kappa shape index (κ1) is 14.6. The predicted molar refractivity (Wildman–Crippen MR) is 81.4 cm³/mol. The Morgan fingerprint density at radius 2 is 2.40 bits per heavy atom. The Balaban J connectivity index is 2.07. The van der Waals surface area contributed by atoms with Gasteiger partial charge in [-0.3, -0.25) is 4.79 Å². The van der Waals surface area contributed by atoms with E-state index in [0.29, 0.717) is 12.2 Å². The van der Waals surface area contributed by atoms with Crippen LogP contribution in [0.3, 0.4) is 0 Å². The predicted octanol–water partition coefficient (Wildman–Crippen LogP) is 1.95. The molecular formula is C13H13ClN4OS. The highest BCUT2D eigenvalue weighted by molar-refractivity contribution is 7.09. The van der Waals surface area contributed by atoms with Crippen molar-refractivity contribution in [1.29, 1.82) is 0 Å². The van der Waals surface area contributed by atoms with Gasteiger partial charge in [0.05, 0.1) is 21.9 Å². The molecule has 2 aromatic rings. The third-order valence-corrected chi connectivity index (χ3v) is 3.70. The van der Waals surface area contributed by atoms with Crippen molar-refractivity contribution in [2.75, 3.05) is 11.9 Å². The minimum atomic E-state index is -0.315. The first-order valence-electron chi connectivity index (χ1n) is 5.95. The topological polar surface area (TPSA) is 59.8 Å². The molecule has 0 saturated heterocycles. The average molecular weight is 309 g/mol. The first-order valence-corrected chi connectivity index (χ1v) is 7.21. The van der Waals surface area contributed by atoms with Crippen molar-refractivity contribution in [3.8, 4) is 12.3 Å². The van der Waals surface area contributed by atoms with Gasteiger partial charge in [0.1, 0.15) is 12.2 Å². The first-order chi connectivity index (χ1) is 9.61. The summed E-state index contributed by atoms with van der Waals surface area (Å²) in [5.41, 5.74) is 1.00. The summed E-state index contributed by atoms with van der Waals surface area (Å²) in [5, 5.41) is 10.2. The SMILES string of the molecule is C#CCn1ncc(Cl)c(NCCc2csc(C)n2)c1=O. The maximum absolute atomic E-state index is 12.1. The van der Waals surface area contributed by atoms with Gasteiger partial charge in [-0.05, 0) is 6.92 Å². The van der Waals surface area contributed by atoms with E-state index in [1.807, 2.05) is 12.3 Å². The number of aryl methyl sites for hydroxylation is 1. The van der Waals surface area contributed by atoms with Crippen LogP contribution in [0.1, 0.15) is 10.7 Å². The van der Waals surface area contributed by atoms with Crippen LogP contribution in [0.2, 0.25) is 5.02 Å². The standard InChI is InChI=1S/C13H13ClN4OS/c1-3-6-18-13(19)12(11(14)7-16-18)15-5-4-10-8-20-9(2)17-10/h1,7-8,15H,4-6H2,2H3. The Labute approximate surface area is 125 Å². The van der Waals surface area contributed by atoms with E-state index in [-0.39, 0.29) is 17.1 Å². The number of terminal acetylenes is 1. The van der Waals surface area contributed by atoms with Gasteiger partial charge >= 0.3 is 0 Å². The number of rotatable bonds is 5. The largest absolute Gasteiger partial charge is 0.379 e. The summed E-state index contributed by atoms with van der Waals surface area (Å²) in [5.74, 6) is 2.38. The Morgan fingerprint density at radius 1 is 1.60 bits per heavy atom. The third-order valence-electron chi connectivity index (χ3n) is 2.59. The van der Waals surface area contributed by atoms with Crippen molar-refractivity contribution in [2.45, 2.75) is 19.9 Å². The molecule has 0 aromatic carbocycles. The Morgan fingerprint density at radius 3 is 3.05 bits per heavy atom. The zero-order chi connectivity index (χ0) is 14.5. The van der Waals surface area contributed by atoms with Gasteiger partial charge in [0.2, 0.25) is 0 Å². The minimum Gasteiger partial charge on any atom is -0.379 e. The molecule has 0 fully saturated rings. The van der Waals surface area contributed by atoms with Crippen LogP contribution in [0.15, 0.2) is 16.4 Å². The van der Waals surface area contributed by atoms with E-state index in [2.05, 4.69) is 21.3 Å². The molecule has 1 N–H and O–H groups in total. The number of aromatic nitrogens is 3. The fourth-order valence-corrected chi connectivity index (χ4v) is 2.50. The fraction of sp³-hybridized carbons (Fsp3) is 0.308. The smallest absolute Gasteiger partial charge is 0.292 e. The summed E-state index contributed by atoms with van der Waals surface area (Å²) in [6, 6.07) is 0. The molecule has 0 aliphatic heterocycles. The maximum Gasteiger partial charge on any atom is 0.292 e. The zero-order valence-corrected chi connectivity index (χ0v) is 12.5. The van der Waals surface area contributed by atoms with Crippen LogP contribution in [-0.4, -0.2) is 21.3 Å². The minimum absolute atomic E-state index is 0.121. The van der Waals surface area contributed by atoms with E-state index in [0.717, 1.165) is 17.1 Å². The van der Waals surface area contributed by atoms with E-state index in [4.69, 9.17) is 18.0 Å². The summed E-state index contributed by atoms with van der Waals surface area (Å²) < 4.78 is 1.20. The van der Waals surface area contributed by atoms with Crippen molar-refractivity contribution in [3.63, 3.8) is 0 Å². The highest BCUT2D eigenvalue weighted by atomic mass is 35.5. The van der Waals surface area contributed by atoms with Gasteiger partial charge in [0.25, 0.3) is 5.56 Å². The Kier molecular flexibility index (Phi) is 4.77. The van der Waals surface area contributed by atoms with Crippen LogP contribution in [0.5, 0.6) is 0 Å². The lowest BCUT2D eigenvalue weighted by atomic mass is 10.3. The summed E-state index contributed by atoms with van der Waals surface area (Å²) in [6.07, 6.45) is 7.32. The quantitative estimate of drug-likeness (QED) is 0.858. The molecule has 2 rings (SSSR count). The Bertz CT molecular complexity index is 701. The molecule has 0 saturated carbocycles. The van der Waals surface area contributed by atoms with Crippen molar-refractivity contribution in [2.24, 2.45) is 0 Å². The number of halogens is 1. The molecule has 0 bridgehead atoms. The molecule has 2 aromatic heterocycles. The molecule has 5 nitrogen and oxygen atoms in total. The highest BCUT2D eigenvalue weighted by Crippen LogP contribution is 2.15. The van der Waals surface area contributed by atoms with E-state index < -0.39 is 0 Å². The normalized spacial score (nSPS) is 10.2. The Hall–Kier alpha value is -1.84. The molecule has 2 heterocycles. The van der Waals surface area contributed by atoms with Gasteiger partial charge in [0, 0.05) is 18.3 Å². The van der Waals surface area contributed by atoms with E-state index in [1.165, 1.54) is 10.9 Å². The summed E-state index contributed by atoms with van der Waals surface area (Å²) in [6.45, 7) is 2.65. The van der Waals surface area contributed by atoms with Gasteiger partial charge in [0.15, 0.2) is 0 Å². The lowest BCUT2D eigenvalue weighted by Gasteiger charge is -2.08. The summed E-state index contributed by atoms with van der Waals surface area (Å²) >= 11 is 7.59. The molecule has 0 atom stereocenters. The van der Waals surface area contributed by atoms with E-state index in [9.17, 15) is 4.79 Å². The summed E-state index contributed by atoms with van der Waals surface area (Å²) in [7, 11) is 0. The second-order valence-electron chi connectivity index (χ2n) is 4.07. The monoisotopic (exact) mass is 308 g/mol. The van der Waals surface area contributed by atoms with Gasteiger partial charge in [-0.25, -0.2) is 9.67 Å². The third kappa shape index (κ3) is 3.38. The van der Waals surface area contributed by atoms with E-state index >= 15 is 0 Å². The van der Waals surface area contributed by atoms with Crippen molar-refractivity contribution in [3.05, 3.63) is 37.7 Å². The summed E-state index contributed by atoms with van der Waals surface area (Å²) in [4.78, 5) is 16.4. The second-order valence-corrected chi connectivity index (χ2v) is 5.54. The van der Waals surface area contributed by atoms with Crippen LogP contribution in [-0.2, 0) is 13.0 Å². The van der Waals surface area contributed by atoms with Gasteiger partial charge < -0.3 is 5.32 Å². The average Bonchev–Trinajstić information content (AvgIpc) is 2.83. The lowest BCUT2D eigenvalue weighted by Crippen LogP contribution is -2.26. The van der Waals surface area contributed by atoms with Gasteiger partial charge in [-0.1, -0.05) is 17.5 Å². The molecule has 20 heavy (non-hydrogen) atoms.